The zero-order chi connectivity index (χ0) is 17.8. The van der Waals surface area contributed by atoms with Gasteiger partial charge < -0.3 is 14.7 Å². The number of hydrogen-bond acceptors (Lipinski definition) is 3. The molecule has 1 heterocycles. The van der Waals surface area contributed by atoms with Crippen LogP contribution in [0.25, 0.3) is 0 Å². The Bertz CT molecular complexity index is 765. The molecule has 0 aliphatic carbocycles. The zero-order valence-electron chi connectivity index (χ0n) is 14.1. The molecule has 5 heteroatoms. The van der Waals surface area contributed by atoms with Crippen LogP contribution in [-0.4, -0.2) is 41.1 Å². The molecule has 0 bridgehead atoms. The van der Waals surface area contributed by atoms with Crippen LogP contribution >= 0.6 is 0 Å². The Balaban J connectivity index is 1.63. The van der Waals surface area contributed by atoms with Crippen LogP contribution in [0, 0.1) is 6.92 Å². The third kappa shape index (κ3) is 4.18. The second kappa shape index (κ2) is 7.38. The van der Waals surface area contributed by atoms with Crippen LogP contribution in [0.1, 0.15) is 39.1 Å². The summed E-state index contributed by atoms with van der Waals surface area (Å²) in [5.74, 6) is -0.297. The van der Waals surface area contributed by atoms with Gasteiger partial charge in [-0.15, -0.1) is 0 Å². The summed E-state index contributed by atoms with van der Waals surface area (Å²) in [6.07, 6.45) is 1.62. The van der Waals surface area contributed by atoms with Crippen molar-refractivity contribution in [1.82, 2.24) is 4.90 Å². The van der Waals surface area contributed by atoms with Gasteiger partial charge in [-0.2, -0.15) is 0 Å². The number of amides is 1. The van der Waals surface area contributed by atoms with Gasteiger partial charge in [-0.25, -0.2) is 4.79 Å². The molecule has 5 nitrogen and oxygen atoms in total. The minimum atomic E-state index is -1.02. The maximum absolute atomic E-state index is 12.7. The number of carbonyl (C=O) groups excluding carboxylic acids is 1. The molecule has 0 unspecified atom stereocenters. The van der Waals surface area contributed by atoms with Gasteiger partial charge in [-0.05, 0) is 42.8 Å². The number of benzene rings is 2. The van der Waals surface area contributed by atoms with Crippen LogP contribution in [-0.2, 0) is 0 Å². The highest BCUT2D eigenvalue weighted by Gasteiger charge is 2.25. The summed E-state index contributed by atoms with van der Waals surface area (Å²) >= 11 is 0. The van der Waals surface area contributed by atoms with Gasteiger partial charge in [0.25, 0.3) is 5.91 Å². The fourth-order valence-electron chi connectivity index (χ4n) is 3.08. The summed E-state index contributed by atoms with van der Waals surface area (Å²) in [6, 6.07) is 14.4. The molecule has 3 rings (SSSR count). The number of piperidine rings is 1. The van der Waals surface area contributed by atoms with Gasteiger partial charge in [0.15, 0.2) is 0 Å². The van der Waals surface area contributed by atoms with E-state index in [4.69, 9.17) is 9.84 Å². The van der Waals surface area contributed by atoms with E-state index in [1.807, 2.05) is 30.3 Å². The molecular formula is C20H21NO4. The smallest absolute Gasteiger partial charge is 0.335 e. The van der Waals surface area contributed by atoms with Crippen LogP contribution < -0.4 is 4.74 Å². The molecule has 25 heavy (non-hydrogen) atoms. The number of carboxylic acid groups (broad SMARTS) is 1. The molecule has 0 aromatic heterocycles. The SMILES string of the molecule is Cc1cc(C(=O)O)cc(C(=O)N2CCC(Oc3ccccc3)CC2)c1. The summed E-state index contributed by atoms with van der Waals surface area (Å²) in [6.45, 7) is 3.00. The van der Waals surface area contributed by atoms with E-state index in [9.17, 15) is 9.59 Å². The van der Waals surface area contributed by atoms with E-state index >= 15 is 0 Å². The highest BCUT2D eigenvalue weighted by Crippen LogP contribution is 2.20. The Hall–Kier alpha value is -2.82. The molecular weight excluding hydrogens is 318 g/mol. The number of aryl methyl sites for hydroxylation is 1. The predicted octanol–water partition coefficient (Wildman–Crippen LogP) is 3.38. The lowest BCUT2D eigenvalue weighted by Crippen LogP contribution is -2.41. The Morgan fingerprint density at radius 2 is 1.68 bits per heavy atom. The van der Waals surface area contributed by atoms with Crippen LogP contribution in [0.2, 0.25) is 0 Å². The molecule has 130 valence electrons. The van der Waals surface area contributed by atoms with E-state index in [1.165, 1.54) is 6.07 Å². The van der Waals surface area contributed by atoms with Gasteiger partial charge in [-0.1, -0.05) is 18.2 Å². The number of likely N-dealkylation sites (tertiary alicyclic amines) is 1. The molecule has 2 aromatic rings. The molecule has 1 aliphatic heterocycles. The number of carboxylic acids is 1. The normalized spacial score (nSPS) is 15.0. The van der Waals surface area contributed by atoms with Gasteiger partial charge in [0, 0.05) is 31.5 Å². The first-order valence-corrected chi connectivity index (χ1v) is 8.39. The van der Waals surface area contributed by atoms with Crippen LogP contribution in [0.4, 0.5) is 0 Å². The summed E-state index contributed by atoms with van der Waals surface area (Å²) in [4.78, 5) is 25.6. The van der Waals surface area contributed by atoms with E-state index < -0.39 is 5.97 Å². The first kappa shape index (κ1) is 17.0. The number of rotatable bonds is 4. The minimum Gasteiger partial charge on any atom is -0.490 e. The van der Waals surface area contributed by atoms with Crippen molar-refractivity contribution in [1.29, 1.82) is 0 Å². The lowest BCUT2D eigenvalue weighted by molar-refractivity contribution is 0.0595. The lowest BCUT2D eigenvalue weighted by atomic mass is 10.0. The molecule has 1 aliphatic rings. The van der Waals surface area contributed by atoms with E-state index in [2.05, 4.69) is 0 Å². The molecule has 1 saturated heterocycles. The first-order chi connectivity index (χ1) is 12.0. The fraction of sp³-hybridized carbons (Fsp3) is 0.300. The number of carbonyl (C=O) groups is 2. The Kier molecular flexibility index (Phi) is 5.03. The molecule has 2 aromatic carbocycles. The van der Waals surface area contributed by atoms with Gasteiger partial charge in [0.1, 0.15) is 11.9 Å². The summed E-state index contributed by atoms with van der Waals surface area (Å²) < 4.78 is 5.94. The Morgan fingerprint density at radius 1 is 1.04 bits per heavy atom. The maximum Gasteiger partial charge on any atom is 0.335 e. The molecule has 1 fully saturated rings. The van der Waals surface area contributed by atoms with Gasteiger partial charge in [0.2, 0.25) is 0 Å². The Labute approximate surface area is 146 Å². The highest BCUT2D eigenvalue weighted by atomic mass is 16.5. The topological polar surface area (TPSA) is 66.8 Å². The van der Waals surface area contributed by atoms with Gasteiger partial charge >= 0.3 is 5.97 Å². The van der Waals surface area contributed by atoms with Crippen LogP contribution in [0.15, 0.2) is 48.5 Å². The van der Waals surface area contributed by atoms with Gasteiger partial charge in [0.05, 0.1) is 5.56 Å². The van der Waals surface area contributed by atoms with E-state index in [0.29, 0.717) is 18.7 Å². The largest absolute Gasteiger partial charge is 0.490 e. The summed E-state index contributed by atoms with van der Waals surface area (Å²) in [7, 11) is 0. The monoisotopic (exact) mass is 339 g/mol. The Morgan fingerprint density at radius 3 is 2.32 bits per heavy atom. The molecule has 0 spiro atoms. The molecule has 1 amide bonds. The average Bonchev–Trinajstić information content (AvgIpc) is 2.62. The van der Waals surface area contributed by atoms with Crippen molar-refractivity contribution >= 4 is 11.9 Å². The third-order valence-corrected chi connectivity index (χ3v) is 4.35. The second-order valence-electron chi connectivity index (χ2n) is 6.32. The van der Waals surface area contributed by atoms with Crippen molar-refractivity contribution in [2.45, 2.75) is 25.9 Å². The van der Waals surface area contributed by atoms with Crippen LogP contribution in [0.3, 0.4) is 0 Å². The number of hydrogen-bond donors (Lipinski definition) is 1. The van der Waals surface area contributed by atoms with Crippen molar-refractivity contribution in [3.63, 3.8) is 0 Å². The predicted molar refractivity (Wildman–Crippen MR) is 94.1 cm³/mol. The molecule has 1 N–H and O–H groups in total. The fourth-order valence-corrected chi connectivity index (χ4v) is 3.08. The summed E-state index contributed by atoms with van der Waals surface area (Å²) in [5.41, 5.74) is 1.34. The van der Waals surface area contributed by atoms with Crippen molar-refractivity contribution in [2.75, 3.05) is 13.1 Å². The minimum absolute atomic E-state index is 0.0959. The van der Waals surface area contributed by atoms with E-state index in [-0.39, 0.29) is 17.6 Å². The second-order valence-corrected chi connectivity index (χ2v) is 6.32. The first-order valence-electron chi connectivity index (χ1n) is 8.39. The summed E-state index contributed by atoms with van der Waals surface area (Å²) in [5, 5.41) is 9.16. The van der Waals surface area contributed by atoms with E-state index in [1.54, 1.807) is 24.0 Å². The molecule has 0 saturated carbocycles. The maximum atomic E-state index is 12.7. The molecule has 0 radical (unpaired) electrons. The van der Waals surface area contributed by atoms with E-state index in [0.717, 1.165) is 24.2 Å². The third-order valence-electron chi connectivity index (χ3n) is 4.35. The number of ether oxygens (including phenoxy) is 1. The number of para-hydroxylation sites is 1. The lowest BCUT2D eigenvalue weighted by Gasteiger charge is -2.32. The standard InChI is InChI=1S/C20H21NO4/c1-14-11-15(13-16(12-14)20(23)24)19(22)21-9-7-18(8-10-21)25-17-5-3-2-4-6-17/h2-6,11-13,18H,7-10H2,1H3,(H,23,24). The van der Waals surface area contributed by atoms with Crippen molar-refractivity contribution in [3.8, 4) is 5.75 Å². The van der Waals surface area contributed by atoms with Gasteiger partial charge in [-0.3, -0.25) is 4.79 Å². The van der Waals surface area contributed by atoms with Crippen molar-refractivity contribution in [3.05, 3.63) is 65.2 Å². The number of aromatic carboxylic acids is 1. The quantitative estimate of drug-likeness (QED) is 0.927. The highest BCUT2D eigenvalue weighted by molar-refractivity contribution is 5.97. The molecule has 0 atom stereocenters. The number of nitrogens with zero attached hydrogens (tertiary/aromatic N) is 1. The average molecular weight is 339 g/mol. The zero-order valence-corrected chi connectivity index (χ0v) is 14.1. The van der Waals surface area contributed by atoms with Crippen LogP contribution in [0.5, 0.6) is 5.75 Å². The van der Waals surface area contributed by atoms with Crippen molar-refractivity contribution < 1.29 is 19.4 Å². The van der Waals surface area contributed by atoms with Crippen molar-refractivity contribution in [2.24, 2.45) is 0 Å².